The second-order valence-electron chi connectivity index (χ2n) is 10.2. The first-order valence-electron chi connectivity index (χ1n) is 13.0. The van der Waals surface area contributed by atoms with Gasteiger partial charge in [0.2, 0.25) is 0 Å². The van der Waals surface area contributed by atoms with Crippen molar-refractivity contribution >= 4 is 17.3 Å². The number of hydrogen-bond donors (Lipinski definition) is 0. The zero-order chi connectivity index (χ0) is 25.1. The van der Waals surface area contributed by atoms with Crippen molar-refractivity contribution in [2.45, 2.75) is 51.9 Å². The highest BCUT2D eigenvalue weighted by atomic mass is 16.1. The molecule has 1 aliphatic heterocycles. The highest BCUT2D eigenvalue weighted by molar-refractivity contribution is 6.15. The average molecular weight is 476 g/mol. The molecule has 3 heteroatoms. The summed E-state index contributed by atoms with van der Waals surface area (Å²) in [5.41, 5.74) is 7.25. The van der Waals surface area contributed by atoms with E-state index in [2.05, 4.69) is 43.3 Å². The molecule has 0 radical (unpaired) electrons. The van der Waals surface area contributed by atoms with Crippen LogP contribution < -0.4 is 0 Å². The van der Waals surface area contributed by atoms with Gasteiger partial charge in [-0.3, -0.25) is 14.6 Å². The van der Waals surface area contributed by atoms with Crippen molar-refractivity contribution in [3.8, 4) is 0 Å². The van der Waals surface area contributed by atoms with Gasteiger partial charge in [0.1, 0.15) is 5.78 Å². The van der Waals surface area contributed by atoms with Crippen LogP contribution in [-0.4, -0.2) is 17.3 Å². The molecule has 1 heterocycles. The standard InChI is InChI=1S/C33H33NO2/c1-22-11-9-10-12-24(22)18-20-30(35)27-17-19-28-29(21-27)34-23(2)31(33(28)36)32(25-13-5-3-6-14-25)26-15-7-4-8-16-26/h3-16,27,31-32H,17-21H2,1-2H3. The van der Waals surface area contributed by atoms with Gasteiger partial charge in [0, 0.05) is 35.2 Å². The van der Waals surface area contributed by atoms with Crippen LogP contribution in [0.25, 0.3) is 0 Å². The van der Waals surface area contributed by atoms with Crippen LogP contribution in [0.4, 0.5) is 0 Å². The van der Waals surface area contributed by atoms with Crippen molar-refractivity contribution in [1.82, 2.24) is 0 Å². The normalized spacial score (nSPS) is 19.8. The minimum absolute atomic E-state index is 0.0484. The van der Waals surface area contributed by atoms with E-state index in [1.54, 1.807) is 0 Å². The fourth-order valence-electron chi connectivity index (χ4n) is 5.88. The van der Waals surface area contributed by atoms with E-state index in [0.29, 0.717) is 25.0 Å². The van der Waals surface area contributed by atoms with Crippen molar-refractivity contribution in [2.24, 2.45) is 16.8 Å². The van der Waals surface area contributed by atoms with E-state index in [9.17, 15) is 9.59 Å². The molecule has 0 saturated heterocycles. The molecule has 2 atom stereocenters. The first-order valence-corrected chi connectivity index (χ1v) is 13.0. The summed E-state index contributed by atoms with van der Waals surface area (Å²) in [4.78, 5) is 32.1. The van der Waals surface area contributed by atoms with Crippen LogP contribution in [0.1, 0.15) is 60.8 Å². The molecule has 2 aliphatic rings. The monoisotopic (exact) mass is 475 g/mol. The van der Waals surface area contributed by atoms with E-state index < -0.39 is 0 Å². The fraction of sp³-hybridized carbons (Fsp3) is 0.303. The summed E-state index contributed by atoms with van der Waals surface area (Å²) in [5, 5.41) is 0. The molecule has 3 aromatic rings. The Bertz CT molecular complexity index is 1280. The van der Waals surface area contributed by atoms with Crippen LogP contribution in [0, 0.1) is 18.8 Å². The van der Waals surface area contributed by atoms with Gasteiger partial charge >= 0.3 is 0 Å². The number of hydrogen-bond acceptors (Lipinski definition) is 3. The Hall–Kier alpha value is -3.59. The van der Waals surface area contributed by atoms with E-state index in [1.165, 1.54) is 11.1 Å². The Kier molecular flexibility index (Phi) is 7.09. The van der Waals surface area contributed by atoms with Crippen molar-refractivity contribution in [3.05, 3.63) is 118 Å². The molecule has 0 bridgehead atoms. The smallest absolute Gasteiger partial charge is 0.170 e. The van der Waals surface area contributed by atoms with E-state index >= 15 is 0 Å². The summed E-state index contributed by atoms with van der Waals surface area (Å²) in [7, 11) is 0. The number of ketones is 2. The van der Waals surface area contributed by atoms with Crippen LogP contribution >= 0.6 is 0 Å². The predicted octanol–water partition coefficient (Wildman–Crippen LogP) is 7.04. The summed E-state index contributed by atoms with van der Waals surface area (Å²) < 4.78 is 0. The quantitative estimate of drug-likeness (QED) is 0.368. The van der Waals surface area contributed by atoms with Gasteiger partial charge in [-0.2, -0.15) is 0 Å². The molecule has 3 nitrogen and oxygen atoms in total. The van der Waals surface area contributed by atoms with Crippen molar-refractivity contribution < 1.29 is 9.59 Å². The highest BCUT2D eigenvalue weighted by Gasteiger charge is 2.40. The maximum absolute atomic E-state index is 14.0. The molecule has 182 valence electrons. The first-order chi connectivity index (χ1) is 17.5. The van der Waals surface area contributed by atoms with Gasteiger partial charge in [-0.1, -0.05) is 84.9 Å². The van der Waals surface area contributed by atoms with Gasteiger partial charge < -0.3 is 0 Å². The lowest BCUT2D eigenvalue weighted by atomic mass is 9.70. The molecule has 0 fully saturated rings. The largest absolute Gasteiger partial charge is 0.299 e. The van der Waals surface area contributed by atoms with Gasteiger partial charge in [-0.15, -0.1) is 0 Å². The molecule has 5 rings (SSSR count). The Morgan fingerprint density at radius 2 is 1.50 bits per heavy atom. The third-order valence-corrected chi connectivity index (χ3v) is 7.88. The van der Waals surface area contributed by atoms with Crippen LogP contribution in [0.2, 0.25) is 0 Å². The molecule has 2 unspecified atom stereocenters. The molecule has 0 saturated carbocycles. The van der Waals surface area contributed by atoms with Crippen LogP contribution in [0.15, 0.2) is 101 Å². The number of carbonyl (C=O) groups excluding carboxylic acids is 2. The number of nitrogens with zero attached hydrogens (tertiary/aromatic N) is 1. The van der Waals surface area contributed by atoms with Gasteiger partial charge in [0.25, 0.3) is 0 Å². The molecule has 1 aliphatic carbocycles. The molecule has 3 aromatic carbocycles. The first kappa shape index (κ1) is 24.1. The summed E-state index contributed by atoms with van der Waals surface area (Å²) >= 11 is 0. The zero-order valence-corrected chi connectivity index (χ0v) is 21.1. The fourth-order valence-corrected chi connectivity index (χ4v) is 5.88. The Morgan fingerprint density at radius 1 is 0.889 bits per heavy atom. The van der Waals surface area contributed by atoms with E-state index in [4.69, 9.17) is 4.99 Å². The molecular weight excluding hydrogens is 442 g/mol. The Morgan fingerprint density at radius 3 is 2.14 bits per heavy atom. The van der Waals surface area contributed by atoms with Gasteiger partial charge in [0.05, 0.1) is 5.92 Å². The van der Waals surface area contributed by atoms with E-state index in [-0.39, 0.29) is 23.5 Å². The molecule has 0 amide bonds. The Labute approximate surface area is 214 Å². The summed E-state index contributed by atoms with van der Waals surface area (Å²) in [6.45, 7) is 4.08. The second-order valence-corrected chi connectivity index (χ2v) is 10.2. The third kappa shape index (κ3) is 4.88. The number of carbonyl (C=O) groups is 2. The lowest BCUT2D eigenvalue weighted by Gasteiger charge is -2.34. The highest BCUT2D eigenvalue weighted by Crippen LogP contribution is 2.42. The Balaban J connectivity index is 1.36. The second kappa shape index (κ2) is 10.6. The predicted molar refractivity (Wildman–Crippen MR) is 145 cm³/mol. The maximum atomic E-state index is 14.0. The van der Waals surface area contributed by atoms with Crippen LogP contribution in [0.3, 0.4) is 0 Å². The van der Waals surface area contributed by atoms with Crippen molar-refractivity contribution in [2.75, 3.05) is 0 Å². The number of Topliss-reactive ketones (excluding diaryl/α,β-unsaturated/α-hetero) is 2. The summed E-state index contributed by atoms with van der Waals surface area (Å²) in [6.07, 6.45) is 3.27. The van der Waals surface area contributed by atoms with E-state index in [1.807, 2.05) is 55.5 Å². The summed E-state index contributed by atoms with van der Waals surface area (Å²) in [5.74, 6) is 0.0282. The molecule has 0 N–H and O–H groups in total. The van der Waals surface area contributed by atoms with Crippen molar-refractivity contribution in [1.29, 1.82) is 0 Å². The molecular formula is C33H33NO2. The summed E-state index contributed by atoms with van der Waals surface area (Å²) in [6, 6.07) is 28.8. The SMILES string of the molecule is CC1=NC2=C(CCC(C(=O)CCc3ccccc3C)C2)C(=O)C1C(c1ccccc1)c1ccccc1. The average Bonchev–Trinajstić information content (AvgIpc) is 2.91. The number of allylic oxidation sites excluding steroid dienone is 2. The molecule has 0 spiro atoms. The minimum atomic E-state index is -0.318. The topological polar surface area (TPSA) is 46.5 Å². The van der Waals surface area contributed by atoms with Gasteiger partial charge in [0.15, 0.2) is 5.78 Å². The minimum Gasteiger partial charge on any atom is -0.299 e. The lowest BCUT2D eigenvalue weighted by Crippen LogP contribution is -2.36. The number of rotatable bonds is 7. The van der Waals surface area contributed by atoms with Crippen molar-refractivity contribution in [3.63, 3.8) is 0 Å². The third-order valence-electron chi connectivity index (χ3n) is 7.88. The van der Waals surface area contributed by atoms with E-state index in [0.717, 1.165) is 41.0 Å². The molecule has 0 aromatic heterocycles. The van der Waals surface area contributed by atoms with Crippen LogP contribution in [0.5, 0.6) is 0 Å². The number of benzene rings is 3. The molecule has 36 heavy (non-hydrogen) atoms. The zero-order valence-electron chi connectivity index (χ0n) is 21.1. The maximum Gasteiger partial charge on any atom is 0.170 e. The van der Waals surface area contributed by atoms with Crippen LogP contribution in [-0.2, 0) is 16.0 Å². The number of aryl methyl sites for hydroxylation is 2. The van der Waals surface area contributed by atoms with Gasteiger partial charge in [-0.25, -0.2) is 0 Å². The lowest BCUT2D eigenvalue weighted by molar-refractivity contribution is -0.124. The number of aliphatic imine (C=N–C) groups is 1. The van der Waals surface area contributed by atoms with Gasteiger partial charge in [-0.05, 0) is 61.8 Å².